The molecular formula is C22H21FN2O2. The van der Waals surface area contributed by atoms with E-state index >= 15 is 0 Å². The Hall–Kier alpha value is -2.95. The van der Waals surface area contributed by atoms with Gasteiger partial charge in [0.1, 0.15) is 11.5 Å². The second-order valence-electron chi connectivity index (χ2n) is 6.80. The molecule has 1 fully saturated rings. The number of hydrogen-bond acceptors (Lipinski definition) is 3. The van der Waals surface area contributed by atoms with E-state index in [2.05, 4.69) is 17.2 Å². The lowest BCUT2D eigenvalue weighted by Crippen LogP contribution is -2.08. The maximum Gasteiger partial charge on any atom is 0.359 e. The van der Waals surface area contributed by atoms with Crippen LogP contribution in [0.3, 0.4) is 0 Å². The first-order valence-corrected chi connectivity index (χ1v) is 9.22. The average molecular weight is 364 g/mol. The van der Waals surface area contributed by atoms with Gasteiger partial charge in [-0.3, -0.25) is 0 Å². The molecule has 5 heteroatoms. The summed E-state index contributed by atoms with van der Waals surface area (Å²) in [5, 5.41) is 4.41. The van der Waals surface area contributed by atoms with Crippen LogP contribution in [0.15, 0.2) is 48.5 Å². The Balaban J connectivity index is 1.87. The molecule has 0 aliphatic heterocycles. The van der Waals surface area contributed by atoms with Gasteiger partial charge in [0.2, 0.25) is 0 Å². The molecule has 0 saturated heterocycles. The van der Waals surface area contributed by atoms with Crippen LogP contribution < -0.4 is 0 Å². The van der Waals surface area contributed by atoms with Gasteiger partial charge < -0.3 is 4.74 Å². The van der Waals surface area contributed by atoms with E-state index in [1.807, 2.05) is 19.1 Å². The van der Waals surface area contributed by atoms with Gasteiger partial charge in [0.25, 0.3) is 0 Å². The Morgan fingerprint density at radius 2 is 1.89 bits per heavy atom. The predicted molar refractivity (Wildman–Crippen MR) is 102 cm³/mol. The molecule has 0 N–H and O–H groups in total. The van der Waals surface area contributed by atoms with Crippen molar-refractivity contribution in [3.05, 3.63) is 71.2 Å². The second-order valence-corrected chi connectivity index (χ2v) is 6.80. The van der Waals surface area contributed by atoms with Crippen molar-refractivity contribution in [2.24, 2.45) is 0 Å². The maximum atomic E-state index is 14.5. The van der Waals surface area contributed by atoms with Gasteiger partial charge in [-0.15, -0.1) is 0 Å². The van der Waals surface area contributed by atoms with Crippen molar-refractivity contribution >= 4 is 5.97 Å². The highest BCUT2D eigenvalue weighted by Crippen LogP contribution is 2.41. The average Bonchev–Trinajstić information content (AvgIpc) is 3.46. The van der Waals surface area contributed by atoms with Crippen LogP contribution in [0.2, 0.25) is 0 Å². The van der Waals surface area contributed by atoms with E-state index in [1.54, 1.807) is 25.1 Å². The van der Waals surface area contributed by atoms with Crippen molar-refractivity contribution in [3.63, 3.8) is 0 Å². The SMILES string of the molecule is CCOC(=O)c1nn(-c2ccccc2F)c(-c2ccc(C3CC3)cc2)c1C. The molecule has 2 aromatic carbocycles. The Bertz CT molecular complexity index is 988. The second kappa shape index (κ2) is 6.99. The first kappa shape index (κ1) is 17.5. The lowest BCUT2D eigenvalue weighted by Gasteiger charge is -2.10. The van der Waals surface area contributed by atoms with Crippen LogP contribution in [0.5, 0.6) is 0 Å². The molecule has 1 heterocycles. The summed E-state index contributed by atoms with van der Waals surface area (Å²) in [6, 6.07) is 14.7. The van der Waals surface area contributed by atoms with Crippen molar-refractivity contribution in [1.82, 2.24) is 9.78 Å². The van der Waals surface area contributed by atoms with Crippen LogP contribution in [0.1, 0.15) is 47.3 Å². The van der Waals surface area contributed by atoms with E-state index in [0.717, 1.165) is 5.56 Å². The number of esters is 1. The molecule has 0 radical (unpaired) electrons. The minimum absolute atomic E-state index is 0.210. The Morgan fingerprint density at radius 3 is 2.52 bits per heavy atom. The molecule has 1 aromatic heterocycles. The number of ether oxygens (including phenoxy) is 1. The molecule has 1 aliphatic carbocycles. The highest BCUT2D eigenvalue weighted by atomic mass is 19.1. The number of rotatable bonds is 5. The molecule has 3 aromatic rings. The number of hydrogen-bond donors (Lipinski definition) is 0. The molecular weight excluding hydrogens is 343 g/mol. The highest BCUT2D eigenvalue weighted by molar-refractivity contribution is 5.91. The number of halogens is 1. The third-order valence-electron chi connectivity index (χ3n) is 4.90. The molecule has 4 rings (SSSR count). The number of nitrogens with zero attached hydrogens (tertiary/aromatic N) is 2. The molecule has 0 amide bonds. The molecule has 0 unspecified atom stereocenters. The summed E-state index contributed by atoms with van der Waals surface area (Å²) in [6.07, 6.45) is 2.47. The van der Waals surface area contributed by atoms with Crippen molar-refractivity contribution in [2.75, 3.05) is 6.61 Å². The lowest BCUT2D eigenvalue weighted by atomic mass is 10.0. The zero-order chi connectivity index (χ0) is 19.0. The molecule has 0 atom stereocenters. The van der Waals surface area contributed by atoms with Gasteiger partial charge >= 0.3 is 5.97 Å². The largest absolute Gasteiger partial charge is 0.461 e. The van der Waals surface area contributed by atoms with Crippen molar-refractivity contribution in [2.45, 2.75) is 32.6 Å². The third kappa shape index (κ3) is 3.25. The summed E-state index contributed by atoms with van der Waals surface area (Å²) in [6.45, 7) is 3.83. The number of para-hydroxylation sites is 1. The first-order valence-electron chi connectivity index (χ1n) is 9.22. The Labute approximate surface area is 157 Å². The number of aromatic nitrogens is 2. The normalized spacial score (nSPS) is 13.6. The van der Waals surface area contributed by atoms with Gasteiger partial charge in [-0.1, -0.05) is 36.4 Å². The van der Waals surface area contributed by atoms with E-state index in [4.69, 9.17) is 4.74 Å². The third-order valence-corrected chi connectivity index (χ3v) is 4.90. The summed E-state index contributed by atoms with van der Waals surface area (Å²) in [4.78, 5) is 12.3. The van der Waals surface area contributed by atoms with Gasteiger partial charge in [-0.2, -0.15) is 5.10 Å². The van der Waals surface area contributed by atoms with E-state index < -0.39 is 11.8 Å². The number of carbonyl (C=O) groups excluding carboxylic acids is 1. The van der Waals surface area contributed by atoms with Gasteiger partial charge in [0.05, 0.1) is 12.3 Å². The fraction of sp³-hybridized carbons (Fsp3) is 0.273. The predicted octanol–water partition coefficient (Wildman–Crippen LogP) is 5.04. The van der Waals surface area contributed by atoms with Gasteiger partial charge in [0, 0.05) is 11.1 Å². The zero-order valence-corrected chi connectivity index (χ0v) is 15.4. The minimum Gasteiger partial charge on any atom is -0.461 e. The van der Waals surface area contributed by atoms with Gasteiger partial charge in [-0.05, 0) is 50.3 Å². The summed E-state index contributed by atoms with van der Waals surface area (Å²) in [7, 11) is 0. The van der Waals surface area contributed by atoms with Crippen molar-refractivity contribution in [3.8, 4) is 16.9 Å². The summed E-state index contributed by atoms with van der Waals surface area (Å²) >= 11 is 0. The van der Waals surface area contributed by atoms with E-state index in [9.17, 15) is 9.18 Å². The topological polar surface area (TPSA) is 44.1 Å². The Kier molecular flexibility index (Phi) is 4.52. The van der Waals surface area contributed by atoms with Gasteiger partial charge in [0.15, 0.2) is 5.69 Å². The molecule has 1 saturated carbocycles. The number of benzene rings is 2. The first-order chi connectivity index (χ1) is 13.1. The molecule has 4 nitrogen and oxygen atoms in total. The van der Waals surface area contributed by atoms with Crippen LogP contribution >= 0.6 is 0 Å². The van der Waals surface area contributed by atoms with Gasteiger partial charge in [-0.25, -0.2) is 13.9 Å². The smallest absolute Gasteiger partial charge is 0.359 e. The molecule has 138 valence electrons. The molecule has 27 heavy (non-hydrogen) atoms. The molecule has 0 bridgehead atoms. The summed E-state index contributed by atoms with van der Waals surface area (Å²) in [5.41, 5.74) is 4.10. The lowest BCUT2D eigenvalue weighted by molar-refractivity contribution is 0.0518. The van der Waals surface area contributed by atoms with E-state index in [-0.39, 0.29) is 12.3 Å². The minimum atomic E-state index is -0.499. The monoisotopic (exact) mass is 364 g/mol. The number of carbonyl (C=O) groups is 1. The van der Waals surface area contributed by atoms with Crippen LogP contribution in [-0.4, -0.2) is 22.4 Å². The molecule has 0 spiro atoms. The Morgan fingerprint density at radius 1 is 1.19 bits per heavy atom. The standard InChI is InChI=1S/C22H21FN2O2/c1-3-27-22(26)20-14(2)21(17-12-10-16(11-13-17)15-8-9-15)25(24-20)19-7-5-4-6-18(19)23/h4-7,10-13,15H,3,8-9H2,1-2H3. The maximum absolute atomic E-state index is 14.5. The fourth-order valence-corrected chi connectivity index (χ4v) is 3.36. The zero-order valence-electron chi connectivity index (χ0n) is 15.4. The van der Waals surface area contributed by atoms with Crippen LogP contribution in [-0.2, 0) is 4.74 Å². The highest BCUT2D eigenvalue weighted by Gasteiger charge is 2.26. The van der Waals surface area contributed by atoms with E-state index in [1.165, 1.54) is 29.2 Å². The fourth-order valence-electron chi connectivity index (χ4n) is 3.36. The quantitative estimate of drug-likeness (QED) is 0.596. The van der Waals surface area contributed by atoms with Crippen LogP contribution in [0.25, 0.3) is 16.9 Å². The summed E-state index contributed by atoms with van der Waals surface area (Å²) in [5.74, 6) is -0.237. The summed E-state index contributed by atoms with van der Waals surface area (Å²) < 4.78 is 21.1. The van der Waals surface area contributed by atoms with Crippen LogP contribution in [0.4, 0.5) is 4.39 Å². The molecule has 1 aliphatic rings. The van der Waals surface area contributed by atoms with Crippen LogP contribution in [0, 0.1) is 12.7 Å². The van der Waals surface area contributed by atoms with E-state index in [0.29, 0.717) is 22.9 Å². The van der Waals surface area contributed by atoms with Crippen molar-refractivity contribution in [1.29, 1.82) is 0 Å². The van der Waals surface area contributed by atoms with Crippen molar-refractivity contribution < 1.29 is 13.9 Å².